The van der Waals surface area contributed by atoms with Crippen LogP contribution in [0.4, 0.5) is 5.69 Å². The van der Waals surface area contributed by atoms with E-state index < -0.39 is 0 Å². The monoisotopic (exact) mass is 302 g/mol. The minimum absolute atomic E-state index is 0.628. The molecule has 21 heavy (non-hydrogen) atoms. The second-order valence-electron chi connectivity index (χ2n) is 5.26. The van der Waals surface area contributed by atoms with Gasteiger partial charge in [-0.1, -0.05) is 6.07 Å². The van der Waals surface area contributed by atoms with E-state index in [1.54, 1.807) is 0 Å². The van der Waals surface area contributed by atoms with Crippen molar-refractivity contribution in [3.63, 3.8) is 0 Å². The number of aryl methyl sites for hydroxylation is 3. The molecule has 1 heterocycles. The van der Waals surface area contributed by atoms with Crippen LogP contribution in [0.5, 0.6) is 0 Å². The van der Waals surface area contributed by atoms with Crippen LogP contribution in [0.25, 0.3) is 0 Å². The second-order valence-corrected chi connectivity index (χ2v) is 5.66. The topological polar surface area (TPSA) is 41.9 Å². The Hall–Kier alpha value is -1.88. The standard InChI is InChI=1S/C16H22N4S/c1-5-20-13(4)14(10-18-20)9-17-16(21)19-15-7-11(2)6-12(3)8-15/h6-8,10H,5,9H2,1-4H3,(H2,17,19,21). The van der Waals surface area contributed by atoms with E-state index in [4.69, 9.17) is 12.2 Å². The predicted molar refractivity (Wildman–Crippen MR) is 91.6 cm³/mol. The lowest BCUT2D eigenvalue weighted by atomic mass is 10.1. The lowest BCUT2D eigenvalue weighted by Crippen LogP contribution is -2.28. The average Bonchev–Trinajstić information content (AvgIpc) is 2.75. The lowest BCUT2D eigenvalue weighted by molar-refractivity contribution is 0.638. The van der Waals surface area contributed by atoms with Gasteiger partial charge >= 0.3 is 0 Å². The van der Waals surface area contributed by atoms with Crippen molar-refractivity contribution in [2.24, 2.45) is 0 Å². The maximum atomic E-state index is 5.35. The molecular formula is C16H22N4S. The van der Waals surface area contributed by atoms with Crippen LogP contribution in [0.3, 0.4) is 0 Å². The minimum atomic E-state index is 0.628. The van der Waals surface area contributed by atoms with Gasteiger partial charge in [-0.05, 0) is 63.2 Å². The molecule has 0 aliphatic rings. The number of benzene rings is 1. The van der Waals surface area contributed by atoms with Crippen molar-refractivity contribution in [3.8, 4) is 0 Å². The summed E-state index contributed by atoms with van der Waals surface area (Å²) in [7, 11) is 0. The summed E-state index contributed by atoms with van der Waals surface area (Å²) in [6.07, 6.45) is 1.89. The Morgan fingerprint density at radius 2 is 1.86 bits per heavy atom. The molecule has 1 aromatic carbocycles. The zero-order chi connectivity index (χ0) is 15.4. The first kappa shape index (κ1) is 15.5. The molecule has 4 nitrogen and oxygen atoms in total. The lowest BCUT2D eigenvalue weighted by Gasteiger charge is -2.12. The maximum absolute atomic E-state index is 5.35. The number of thiocarbonyl (C=S) groups is 1. The number of nitrogens with one attached hydrogen (secondary N) is 2. The Morgan fingerprint density at radius 3 is 2.43 bits per heavy atom. The molecule has 0 amide bonds. The van der Waals surface area contributed by atoms with Crippen LogP contribution in [0.1, 0.15) is 29.3 Å². The van der Waals surface area contributed by atoms with Crippen molar-refractivity contribution in [1.29, 1.82) is 0 Å². The van der Waals surface area contributed by atoms with E-state index in [0.29, 0.717) is 11.7 Å². The molecule has 0 bridgehead atoms. The molecule has 2 aromatic rings. The highest BCUT2D eigenvalue weighted by molar-refractivity contribution is 7.80. The third kappa shape index (κ3) is 4.04. The van der Waals surface area contributed by atoms with E-state index in [9.17, 15) is 0 Å². The zero-order valence-corrected chi connectivity index (χ0v) is 13.8. The Labute approximate surface area is 131 Å². The van der Waals surface area contributed by atoms with E-state index in [1.807, 2.05) is 10.9 Å². The fraction of sp³-hybridized carbons (Fsp3) is 0.375. The molecule has 0 aliphatic heterocycles. The number of aromatic nitrogens is 2. The van der Waals surface area contributed by atoms with Crippen molar-refractivity contribution in [3.05, 3.63) is 46.8 Å². The van der Waals surface area contributed by atoms with E-state index in [1.165, 1.54) is 22.4 Å². The summed E-state index contributed by atoms with van der Waals surface area (Å²) in [5.74, 6) is 0. The summed E-state index contributed by atoms with van der Waals surface area (Å²) in [5, 5.41) is 11.4. The Balaban J connectivity index is 1.94. The van der Waals surface area contributed by atoms with Crippen LogP contribution >= 0.6 is 12.2 Å². The largest absolute Gasteiger partial charge is 0.358 e. The molecule has 0 saturated heterocycles. The quantitative estimate of drug-likeness (QED) is 0.850. The molecule has 0 atom stereocenters. The van der Waals surface area contributed by atoms with Crippen LogP contribution in [0, 0.1) is 20.8 Å². The Bertz CT molecular complexity index is 625. The first-order valence-corrected chi connectivity index (χ1v) is 7.55. The summed E-state index contributed by atoms with van der Waals surface area (Å²) in [6, 6.07) is 6.31. The highest BCUT2D eigenvalue weighted by Crippen LogP contribution is 2.13. The van der Waals surface area contributed by atoms with Gasteiger partial charge in [-0.3, -0.25) is 4.68 Å². The van der Waals surface area contributed by atoms with E-state index in [0.717, 1.165) is 12.2 Å². The number of hydrogen-bond acceptors (Lipinski definition) is 2. The molecule has 0 radical (unpaired) electrons. The molecule has 0 saturated carbocycles. The molecule has 0 unspecified atom stereocenters. The third-order valence-corrected chi connectivity index (χ3v) is 3.67. The number of hydrogen-bond donors (Lipinski definition) is 2. The van der Waals surface area contributed by atoms with Gasteiger partial charge in [-0.2, -0.15) is 5.10 Å². The normalized spacial score (nSPS) is 10.5. The van der Waals surface area contributed by atoms with E-state index >= 15 is 0 Å². The smallest absolute Gasteiger partial charge is 0.171 e. The van der Waals surface area contributed by atoms with Gasteiger partial charge in [0.2, 0.25) is 0 Å². The van der Waals surface area contributed by atoms with Crippen LogP contribution < -0.4 is 10.6 Å². The molecule has 112 valence electrons. The van der Waals surface area contributed by atoms with Gasteiger partial charge in [0.15, 0.2) is 5.11 Å². The fourth-order valence-electron chi connectivity index (χ4n) is 2.38. The van der Waals surface area contributed by atoms with Gasteiger partial charge in [-0.25, -0.2) is 0 Å². The van der Waals surface area contributed by atoms with Crippen LogP contribution in [-0.2, 0) is 13.1 Å². The first-order valence-electron chi connectivity index (χ1n) is 7.14. The third-order valence-electron chi connectivity index (χ3n) is 3.42. The molecule has 1 aromatic heterocycles. The molecule has 0 fully saturated rings. The Kier molecular flexibility index (Phi) is 4.96. The number of anilines is 1. The molecule has 0 aliphatic carbocycles. The molecular weight excluding hydrogens is 280 g/mol. The summed E-state index contributed by atoms with van der Waals surface area (Å²) in [5.41, 5.74) is 5.81. The highest BCUT2D eigenvalue weighted by atomic mass is 32.1. The molecule has 2 rings (SSSR count). The zero-order valence-electron chi connectivity index (χ0n) is 13.0. The number of nitrogens with zero attached hydrogens (tertiary/aromatic N) is 2. The van der Waals surface area contributed by atoms with Gasteiger partial charge in [0.05, 0.1) is 6.20 Å². The molecule has 2 N–H and O–H groups in total. The maximum Gasteiger partial charge on any atom is 0.171 e. The van der Waals surface area contributed by atoms with E-state index in [-0.39, 0.29) is 0 Å². The van der Waals surface area contributed by atoms with Crippen LogP contribution in [0.15, 0.2) is 24.4 Å². The van der Waals surface area contributed by atoms with Gasteiger partial charge < -0.3 is 10.6 Å². The van der Waals surface area contributed by atoms with Gasteiger partial charge in [-0.15, -0.1) is 0 Å². The van der Waals surface area contributed by atoms with Crippen molar-refractivity contribution in [1.82, 2.24) is 15.1 Å². The van der Waals surface area contributed by atoms with Crippen LogP contribution in [-0.4, -0.2) is 14.9 Å². The van der Waals surface area contributed by atoms with Gasteiger partial charge in [0.25, 0.3) is 0 Å². The van der Waals surface area contributed by atoms with E-state index in [2.05, 4.69) is 61.6 Å². The molecule has 0 spiro atoms. The van der Waals surface area contributed by atoms with Crippen molar-refractivity contribution < 1.29 is 0 Å². The predicted octanol–water partition coefficient (Wildman–Crippen LogP) is 3.31. The molecule has 5 heteroatoms. The Morgan fingerprint density at radius 1 is 1.19 bits per heavy atom. The van der Waals surface area contributed by atoms with Gasteiger partial charge in [0.1, 0.15) is 0 Å². The summed E-state index contributed by atoms with van der Waals surface area (Å²) in [6.45, 7) is 9.89. The highest BCUT2D eigenvalue weighted by Gasteiger charge is 2.06. The van der Waals surface area contributed by atoms with Gasteiger partial charge in [0, 0.05) is 30.0 Å². The van der Waals surface area contributed by atoms with Crippen molar-refractivity contribution in [2.45, 2.75) is 40.8 Å². The minimum Gasteiger partial charge on any atom is -0.358 e. The van der Waals surface area contributed by atoms with Crippen molar-refractivity contribution in [2.75, 3.05) is 5.32 Å². The first-order chi connectivity index (χ1) is 9.99. The number of rotatable bonds is 4. The van der Waals surface area contributed by atoms with Crippen molar-refractivity contribution >= 4 is 23.0 Å². The average molecular weight is 302 g/mol. The fourth-order valence-corrected chi connectivity index (χ4v) is 2.57. The van der Waals surface area contributed by atoms with Crippen LogP contribution in [0.2, 0.25) is 0 Å². The summed E-state index contributed by atoms with van der Waals surface area (Å²) >= 11 is 5.35. The second kappa shape index (κ2) is 6.72. The summed E-state index contributed by atoms with van der Waals surface area (Å²) < 4.78 is 1.98. The summed E-state index contributed by atoms with van der Waals surface area (Å²) in [4.78, 5) is 0. The SMILES string of the molecule is CCn1ncc(CNC(=S)Nc2cc(C)cc(C)c2)c1C.